The zero-order valence-electron chi connectivity index (χ0n) is 12.3. The second-order valence-corrected chi connectivity index (χ2v) is 5.68. The maximum absolute atomic E-state index is 12.2. The lowest BCUT2D eigenvalue weighted by atomic mass is 9.85. The SMILES string of the molecule is CN1C(=O)[C@@H](O)C(c2ccccc2)C1C(O)c1ccccc1. The molecule has 4 heteroatoms. The fourth-order valence-electron chi connectivity index (χ4n) is 3.25. The number of carbonyl (C=O) groups excluding carboxylic acids is 1. The normalized spacial score (nSPS) is 26.2. The first-order chi connectivity index (χ1) is 10.6. The molecule has 1 aliphatic heterocycles. The van der Waals surface area contributed by atoms with Crippen LogP contribution in [0, 0.1) is 0 Å². The third-order valence-corrected chi connectivity index (χ3v) is 4.41. The van der Waals surface area contributed by atoms with E-state index in [0.717, 1.165) is 11.1 Å². The number of amides is 1. The monoisotopic (exact) mass is 297 g/mol. The van der Waals surface area contributed by atoms with Crippen molar-refractivity contribution in [2.24, 2.45) is 0 Å². The van der Waals surface area contributed by atoms with Crippen LogP contribution in [0.4, 0.5) is 0 Å². The minimum atomic E-state index is -1.13. The summed E-state index contributed by atoms with van der Waals surface area (Å²) in [4.78, 5) is 13.7. The van der Waals surface area contributed by atoms with Crippen LogP contribution in [0.3, 0.4) is 0 Å². The molecular formula is C18H19NO3. The maximum atomic E-state index is 12.2. The van der Waals surface area contributed by atoms with E-state index in [4.69, 9.17) is 0 Å². The molecule has 1 aliphatic rings. The van der Waals surface area contributed by atoms with Crippen molar-refractivity contribution in [2.75, 3.05) is 7.05 Å². The lowest BCUT2D eigenvalue weighted by Gasteiger charge is -2.30. The molecule has 4 nitrogen and oxygen atoms in total. The minimum absolute atomic E-state index is 0.353. The van der Waals surface area contributed by atoms with Crippen molar-refractivity contribution >= 4 is 5.91 Å². The fraction of sp³-hybridized carbons (Fsp3) is 0.278. The molecule has 1 saturated heterocycles. The summed E-state index contributed by atoms with van der Waals surface area (Å²) in [5, 5.41) is 21.1. The van der Waals surface area contributed by atoms with Gasteiger partial charge >= 0.3 is 0 Å². The van der Waals surface area contributed by atoms with Crippen LogP contribution < -0.4 is 0 Å². The standard InChI is InChI=1S/C18H19NO3/c1-19-15(16(20)13-10-6-3-7-11-13)14(17(21)18(19)22)12-8-4-2-5-9-12/h2-11,14-17,20-21H,1H3/t14?,15?,16?,17-/m0/s1. The molecule has 1 heterocycles. The number of likely N-dealkylation sites (tertiary alicyclic amines) is 1. The number of benzene rings is 2. The number of aliphatic hydroxyl groups excluding tert-OH is 2. The summed E-state index contributed by atoms with van der Waals surface area (Å²) >= 11 is 0. The predicted molar refractivity (Wildman–Crippen MR) is 83.1 cm³/mol. The van der Waals surface area contributed by atoms with Crippen LogP contribution in [-0.2, 0) is 4.79 Å². The molecule has 0 aromatic heterocycles. The first-order valence-corrected chi connectivity index (χ1v) is 7.34. The number of nitrogens with zero attached hydrogens (tertiary/aromatic N) is 1. The number of aliphatic hydroxyl groups is 2. The van der Waals surface area contributed by atoms with E-state index in [1.807, 2.05) is 60.7 Å². The van der Waals surface area contributed by atoms with Crippen molar-refractivity contribution in [3.05, 3.63) is 71.8 Å². The quantitative estimate of drug-likeness (QED) is 0.906. The highest BCUT2D eigenvalue weighted by atomic mass is 16.3. The minimum Gasteiger partial charge on any atom is -0.386 e. The summed E-state index contributed by atoms with van der Waals surface area (Å²) in [5.41, 5.74) is 1.59. The van der Waals surface area contributed by atoms with Crippen molar-refractivity contribution in [2.45, 2.75) is 24.2 Å². The highest BCUT2D eigenvalue weighted by Crippen LogP contribution is 2.40. The molecule has 3 unspecified atom stereocenters. The largest absolute Gasteiger partial charge is 0.386 e. The first-order valence-electron chi connectivity index (χ1n) is 7.34. The maximum Gasteiger partial charge on any atom is 0.252 e. The zero-order valence-corrected chi connectivity index (χ0v) is 12.3. The van der Waals surface area contributed by atoms with E-state index in [0.29, 0.717) is 0 Å². The molecule has 1 amide bonds. The van der Waals surface area contributed by atoms with Crippen LogP contribution >= 0.6 is 0 Å². The average molecular weight is 297 g/mol. The smallest absolute Gasteiger partial charge is 0.252 e. The lowest BCUT2D eigenvalue weighted by Crippen LogP contribution is -2.36. The van der Waals surface area contributed by atoms with Crippen molar-refractivity contribution in [1.82, 2.24) is 4.90 Å². The number of rotatable bonds is 3. The fourth-order valence-corrected chi connectivity index (χ4v) is 3.25. The van der Waals surface area contributed by atoms with Crippen LogP contribution in [-0.4, -0.2) is 40.2 Å². The van der Waals surface area contributed by atoms with Crippen molar-refractivity contribution in [1.29, 1.82) is 0 Å². The molecule has 22 heavy (non-hydrogen) atoms. The molecule has 0 radical (unpaired) electrons. The summed E-state index contributed by atoms with van der Waals surface area (Å²) in [6, 6.07) is 18.1. The number of hydrogen-bond donors (Lipinski definition) is 2. The molecule has 2 aromatic carbocycles. The van der Waals surface area contributed by atoms with Gasteiger partial charge in [-0.15, -0.1) is 0 Å². The molecule has 0 bridgehead atoms. The van der Waals surface area contributed by atoms with Crippen molar-refractivity contribution < 1.29 is 15.0 Å². The highest BCUT2D eigenvalue weighted by molar-refractivity contribution is 5.85. The van der Waals surface area contributed by atoms with E-state index in [1.54, 1.807) is 7.05 Å². The summed E-state index contributed by atoms with van der Waals surface area (Å²) in [5.74, 6) is -0.803. The first kappa shape index (κ1) is 14.8. The van der Waals surface area contributed by atoms with E-state index >= 15 is 0 Å². The Morgan fingerprint density at radius 3 is 2.14 bits per heavy atom. The Morgan fingerprint density at radius 1 is 1.00 bits per heavy atom. The predicted octanol–water partition coefficient (Wildman–Crippen LogP) is 1.71. The van der Waals surface area contributed by atoms with Crippen LogP contribution in [0.25, 0.3) is 0 Å². The van der Waals surface area contributed by atoms with E-state index in [1.165, 1.54) is 4.90 Å². The summed E-state index contributed by atoms with van der Waals surface area (Å²) < 4.78 is 0. The second kappa shape index (κ2) is 5.91. The molecular weight excluding hydrogens is 278 g/mol. The van der Waals surface area contributed by atoms with Gasteiger partial charge in [-0.1, -0.05) is 60.7 Å². The number of hydrogen-bond acceptors (Lipinski definition) is 3. The molecule has 2 aromatic rings. The second-order valence-electron chi connectivity index (χ2n) is 5.68. The van der Waals surface area contributed by atoms with Gasteiger partial charge in [0.15, 0.2) is 0 Å². The van der Waals surface area contributed by atoms with Gasteiger partial charge in [-0.2, -0.15) is 0 Å². The van der Waals surface area contributed by atoms with Crippen molar-refractivity contribution in [3.8, 4) is 0 Å². The molecule has 3 rings (SSSR count). The van der Waals surface area contributed by atoms with Gasteiger partial charge in [0.05, 0.1) is 6.04 Å². The summed E-state index contributed by atoms with van der Waals surface area (Å²) in [6.07, 6.45) is -1.98. The van der Waals surface area contributed by atoms with Gasteiger partial charge in [0, 0.05) is 13.0 Å². The van der Waals surface area contributed by atoms with E-state index in [-0.39, 0.29) is 5.91 Å². The Balaban J connectivity index is 2.01. The Bertz CT molecular complexity index is 644. The Labute approximate surface area is 129 Å². The third-order valence-electron chi connectivity index (χ3n) is 4.41. The molecule has 0 spiro atoms. The summed E-state index contributed by atoms with van der Waals surface area (Å²) in [6.45, 7) is 0. The van der Waals surface area contributed by atoms with Crippen LogP contribution in [0.2, 0.25) is 0 Å². The van der Waals surface area contributed by atoms with Gasteiger partial charge in [-0.25, -0.2) is 0 Å². The molecule has 1 fully saturated rings. The van der Waals surface area contributed by atoms with Gasteiger partial charge < -0.3 is 15.1 Å². The Kier molecular flexibility index (Phi) is 3.96. The zero-order chi connectivity index (χ0) is 15.7. The molecule has 0 aliphatic carbocycles. The number of carbonyl (C=O) groups is 1. The third kappa shape index (κ3) is 2.40. The topological polar surface area (TPSA) is 60.8 Å². The van der Waals surface area contributed by atoms with Crippen molar-refractivity contribution in [3.63, 3.8) is 0 Å². The van der Waals surface area contributed by atoms with E-state index < -0.39 is 24.2 Å². The van der Waals surface area contributed by atoms with Crippen LogP contribution in [0.1, 0.15) is 23.1 Å². The van der Waals surface area contributed by atoms with Crippen LogP contribution in [0.15, 0.2) is 60.7 Å². The molecule has 4 atom stereocenters. The molecule has 0 saturated carbocycles. The molecule has 2 N–H and O–H groups in total. The van der Waals surface area contributed by atoms with E-state index in [9.17, 15) is 15.0 Å². The van der Waals surface area contributed by atoms with Crippen LogP contribution in [0.5, 0.6) is 0 Å². The average Bonchev–Trinajstić information content (AvgIpc) is 2.80. The van der Waals surface area contributed by atoms with E-state index in [2.05, 4.69) is 0 Å². The Hall–Kier alpha value is -2.17. The van der Waals surface area contributed by atoms with Gasteiger partial charge in [-0.05, 0) is 11.1 Å². The van der Waals surface area contributed by atoms with Gasteiger partial charge in [-0.3, -0.25) is 4.79 Å². The number of likely N-dealkylation sites (N-methyl/N-ethyl adjacent to an activating group) is 1. The van der Waals surface area contributed by atoms with Gasteiger partial charge in [0.1, 0.15) is 12.2 Å². The lowest BCUT2D eigenvalue weighted by molar-refractivity contribution is -0.135. The summed E-state index contributed by atoms with van der Waals surface area (Å²) in [7, 11) is 1.63. The Morgan fingerprint density at radius 2 is 1.55 bits per heavy atom. The van der Waals surface area contributed by atoms with Gasteiger partial charge in [0.25, 0.3) is 5.91 Å². The van der Waals surface area contributed by atoms with Gasteiger partial charge in [0.2, 0.25) is 0 Å². The highest BCUT2D eigenvalue weighted by Gasteiger charge is 2.49. The molecule has 114 valence electrons.